The first kappa shape index (κ1) is 16.3. The number of hydrogen-bond donors (Lipinski definition) is 1. The van der Waals surface area contributed by atoms with Crippen molar-refractivity contribution in [3.8, 4) is 0 Å². The van der Waals surface area contributed by atoms with Crippen LogP contribution in [0, 0.1) is 17.2 Å². The topological polar surface area (TPSA) is 29.3 Å². The molecule has 1 aromatic rings. The SMILES string of the molecule is CCC(N)Cc1ccc(N2CCC(C(C)(C)C)C2)c(F)c1. The van der Waals surface area contributed by atoms with Crippen molar-refractivity contribution in [2.24, 2.45) is 17.1 Å². The molecule has 1 aliphatic rings. The zero-order valence-corrected chi connectivity index (χ0v) is 13.8. The Labute approximate surface area is 128 Å². The Bertz CT molecular complexity index is 479. The van der Waals surface area contributed by atoms with Crippen LogP contribution in [0.2, 0.25) is 0 Å². The van der Waals surface area contributed by atoms with Crippen LogP contribution in [0.1, 0.15) is 46.1 Å². The minimum atomic E-state index is -0.106. The van der Waals surface area contributed by atoms with Gasteiger partial charge in [-0.15, -0.1) is 0 Å². The van der Waals surface area contributed by atoms with E-state index in [4.69, 9.17) is 5.73 Å². The van der Waals surface area contributed by atoms with Crippen molar-refractivity contribution >= 4 is 5.69 Å². The highest BCUT2D eigenvalue weighted by atomic mass is 19.1. The summed E-state index contributed by atoms with van der Waals surface area (Å²) in [5.41, 5.74) is 7.98. The predicted molar refractivity (Wildman–Crippen MR) is 88.1 cm³/mol. The normalized spacial score (nSPS) is 20.9. The van der Waals surface area contributed by atoms with Crippen LogP contribution in [0.3, 0.4) is 0 Å². The molecule has 2 unspecified atom stereocenters. The summed E-state index contributed by atoms with van der Waals surface area (Å²) < 4.78 is 14.4. The maximum Gasteiger partial charge on any atom is 0.146 e. The third-order valence-corrected chi connectivity index (χ3v) is 4.79. The first-order chi connectivity index (χ1) is 9.81. The molecule has 0 amide bonds. The lowest BCUT2D eigenvalue weighted by atomic mass is 9.80. The van der Waals surface area contributed by atoms with Crippen molar-refractivity contribution in [2.75, 3.05) is 18.0 Å². The van der Waals surface area contributed by atoms with Crippen molar-refractivity contribution in [1.82, 2.24) is 0 Å². The zero-order valence-electron chi connectivity index (χ0n) is 13.8. The maximum absolute atomic E-state index is 14.4. The summed E-state index contributed by atoms with van der Waals surface area (Å²) in [5.74, 6) is 0.524. The predicted octanol–water partition coefficient (Wildman–Crippen LogP) is 3.98. The molecule has 3 heteroatoms. The van der Waals surface area contributed by atoms with E-state index in [9.17, 15) is 4.39 Å². The Balaban J connectivity index is 2.08. The van der Waals surface area contributed by atoms with Crippen LogP contribution in [0.5, 0.6) is 0 Å². The highest BCUT2D eigenvalue weighted by Crippen LogP contribution is 2.36. The van der Waals surface area contributed by atoms with Gasteiger partial charge < -0.3 is 10.6 Å². The lowest BCUT2D eigenvalue weighted by molar-refractivity contribution is 0.263. The van der Waals surface area contributed by atoms with E-state index in [0.29, 0.717) is 11.3 Å². The molecule has 1 fully saturated rings. The van der Waals surface area contributed by atoms with E-state index in [0.717, 1.165) is 43.6 Å². The first-order valence-electron chi connectivity index (χ1n) is 8.10. The summed E-state index contributed by atoms with van der Waals surface area (Å²) in [7, 11) is 0. The molecule has 118 valence electrons. The van der Waals surface area contributed by atoms with Gasteiger partial charge in [-0.2, -0.15) is 0 Å². The zero-order chi connectivity index (χ0) is 15.6. The highest BCUT2D eigenvalue weighted by molar-refractivity contribution is 5.50. The van der Waals surface area contributed by atoms with Crippen LogP contribution in [-0.2, 0) is 6.42 Å². The third-order valence-electron chi connectivity index (χ3n) is 4.79. The van der Waals surface area contributed by atoms with Crippen molar-refractivity contribution in [3.63, 3.8) is 0 Å². The second-order valence-electron chi connectivity index (χ2n) is 7.46. The summed E-state index contributed by atoms with van der Waals surface area (Å²) in [6, 6.07) is 5.73. The van der Waals surface area contributed by atoms with Crippen molar-refractivity contribution < 1.29 is 4.39 Å². The minimum absolute atomic E-state index is 0.106. The molecular formula is C18H29FN2. The quantitative estimate of drug-likeness (QED) is 0.909. The Morgan fingerprint density at radius 1 is 1.38 bits per heavy atom. The summed E-state index contributed by atoms with van der Waals surface area (Å²) in [4.78, 5) is 2.19. The summed E-state index contributed by atoms with van der Waals surface area (Å²) in [6.07, 6.45) is 2.81. The number of nitrogens with two attached hydrogens (primary N) is 1. The van der Waals surface area contributed by atoms with Crippen molar-refractivity contribution in [1.29, 1.82) is 0 Å². The number of nitrogens with zero attached hydrogens (tertiary/aromatic N) is 1. The van der Waals surface area contributed by atoms with Crippen LogP contribution in [0.25, 0.3) is 0 Å². The van der Waals surface area contributed by atoms with E-state index in [1.165, 1.54) is 0 Å². The van der Waals surface area contributed by atoms with Gasteiger partial charge in [0.25, 0.3) is 0 Å². The van der Waals surface area contributed by atoms with E-state index in [1.807, 2.05) is 12.1 Å². The average molecular weight is 292 g/mol. The smallest absolute Gasteiger partial charge is 0.146 e. The molecule has 0 spiro atoms. The molecule has 2 rings (SSSR count). The van der Waals surface area contributed by atoms with Crippen molar-refractivity contribution in [3.05, 3.63) is 29.6 Å². The van der Waals surface area contributed by atoms with Gasteiger partial charge >= 0.3 is 0 Å². The van der Waals surface area contributed by atoms with Crippen LogP contribution >= 0.6 is 0 Å². The summed E-state index contributed by atoms with van der Waals surface area (Å²) >= 11 is 0. The van der Waals surface area contributed by atoms with E-state index in [-0.39, 0.29) is 11.9 Å². The Morgan fingerprint density at radius 2 is 2.10 bits per heavy atom. The standard InChI is InChI=1S/C18H29FN2/c1-5-15(20)10-13-6-7-17(16(19)11-13)21-9-8-14(12-21)18(2,3)4/h6-7,11,14-15H,5,8-10,12,20H2,1-4H3. The highest BCUT2D eigenvalue weighted by Gasteiger charge is 2.32. The Kier molecular flexibility index (Phi) is 4.92. The van der Waals surface area contributed by atoms with Gasteiger partial charge in [0.1, 0.15) is 5.82 Å². The Morgan fingerprint density at radius 3 is 2.62 bits per heavy atom. The molecule has 0 aliphatic carbocycles. The first-order valence-corrected chi connectivity index (χ1v) is 8.10. The largest absolute Gasteiger partial charge is 0.369 e. The number of benzene rings is 1. The fourth-order valence-electron chi connectivity index (χ4n) is 3.07. The fourth-order valence-corrected chi connectivity index (χ4v) is 3.07. The molecule has 1 heterocycles. The maximum atomic E-state index is 14.4. The summed E-state index contributed by atoms with van der Waals surface area (Å²) in [5, 5.41) is 0. The lowest BCUT2D eigenvalue weighted by Gasteiger charge is -2.27. The van der Waals surface area contributed by atoms with Gasteiger partial charge in [0.15, 0.2) is 0 Å². The van der Waals surface area contributed by atoms with E-state index in [2.05, 4.69) is 32.6 Å². The fraction of sp³-hybridized carbons (Fsp3) is 0.667. The Hall–Kier alpha value is -1.09. The van der Waals surface area contributed by atoms with Gasteiger partial charge in [-0.05, 0) is 48.3 Å². The van der Waals surface area contributed by atoms with Gasteiger partial charge in [-0.3, -0.25) is 0 Å². The lowest BCUT2D eigenvalue weighted by Crippen LogP contribution is -2.26. The average Bonchev–Trinajstić information content (AvgIpc) is 2.88. The number of halogens is 1. The molecule has 0 aromatic heterocycles. The number of hydrogen-bond acceptors (Lipinski definition) is 2. The molecule has 2 nitrogen and oxygen atoms in total. The van der Waals surface area contributed by atoms with Gasteiger partial charge in [-0.1, -0.05) is 33.8 Å². The van der Waals surface area contributed by atoms with Gasteiger partial charge in [0.2, 0.25) is 0 Å². The van der Waals surface area contributed by atoms with E-state index in [1.54, 1.807) is 6.07 Å². The van der Waals surface area contributed by atoms with Crippen LogP contribution in [-0.4, -0.2) is 19.1 Å². The number of rotatable bonds is 4. The van der Waals surface area contributed by atoms with Gasteiger partial charge in [0, 0.05) is 19.1 Å². The molecule has 0 bridgehead atoms. The molecule has 0 saturated carbocycles. The van der Waals surface area contributed by atoms with Gasteiger partial charge in [0.05, 0.1) is 5.69 Å². The summed E-state index contributed by atoms with van der Waals surface area (Å²) in [6.45, 7) is 10.8. The monoisotopic (exact) mass is 292 g/mol. The molecule has 2 N–H and O–H groups in total. The van der Waals surface area contributed by atoms with E-state index >= 15 is 0 Å². The van der Waals surface area contributed by atoms with E-state index < -0.39 is 0 Å². The van der Waals surface area contributed by atoms with Gasteiger partial charge in [-0.25, -0.2) is 4.39 Å². The molecule has 1 saturated heterocycles. The molecule has 1 aromatic carbocycles. The van der Waals surface area contributed by atoms with Crippen LogP contribution in [0.4, 0.5) is 10.1 Å². The van der Waals surface area contributed by atoms with Crippen LogP contribution in [0.15, 0.2) is 18.2 Å². The minimum Gasteiger partial charge on any atom is -0.369 e. The molecule has 1 aliphatic heterocycles. The molecular weight excluding hydrogens is 263 g/mol. The second-order valence-corrected chi connectivity index (χ2v) is 7.46. The third kappa shape index (κ3) is 3.97. The molecule has 0 radical (unpaired) electrons. The molecule has 2 atom stereocenters. The second kappa shape index (κ2) is 6.35. The van der Waals surface area contributed by atoms with Crippen molar-refractivity contribution in [2.45, 2.75) is 53.0 Å². The molecule has 21 heavy (non-hydrogen) atoms. The number of anilines is 1. The van der Waals surface area contributed by atoms with Crippen LogP contribution < -0.4 is 10.6 Å².